The van der Waals surface area contributed by atoms with Crippen LogP contribution in [0.2, 0.25) is 0 Å². The van der Waals surface area contributed by atoms with Gasteiger partial charge in [0, 0.05) is 31.0 Å². The normalized spacial score (nSPS) is 24.6. The number of carbonyl (C=O) groups excluding carboxylic acids is 1. The molecule has 2 fully saturated rings. The van der Waals surface area contributed by atoms with Crippen LogP contribution >= 0.6 is 0 Å². The SMILES string of the molecule is O=C(Cc1cc(F)ccc1C(F)(F)F)C1CC2COCC(C1)N2Cc1ccccc1. The molecule has 4 rings (SSSR count). The maximum atomic E-state index is 13.6. The minimum absolute atomic E-state index is 0.0428. The number of rotatable bonds is 5. The number of piperidine rings is 1. The smallest absolute Gasteiger partial charge is 0.378 e. The van der Waals surface area contributed by atoms with Gasteiger partial charge >= 0.3 is 6.18 Å². The topological polar surface area (TPSA) is 29.5 Å². The number of ketones is 1. The van der Waals surface area contributed by atoms with Crippen molar-refractivity contribution in [3.05, 3.63) is 71.0 Å². The molecule has 0 N–H and O–H groups in total. The maximum Gasteiger partial charge on any atom is 0.416 e. The summed E-state index contributed by atoms with van der Waals surface area (Å²) in [6, 6.07) is 12.4. The monoisotopic (exact) mass is 421 g/mol. The van der Waals surface area contributed by atoms with Gasteiger partial charge < -0.3 is 4.74 Å². The molecule has 0 radical (unpaired) electrons. The third-order valence-corrected chi connectivity index (χ3v) is 6.07. The lowest BCUT2D eigenvalue weighted by Crippen LogP contribution is -2.57. The van der Waals surface area contributed by atoms with Gasteiger partial charge in [-0.05, 0) is 42.2 Å². The van der Waals surface area contributed by atoms with Gasteiger partial charge in [-0.15, -0.1) is 0 Å². The molecule has 2 atom stereocenters. The van der Waals surface area contributed by atoms with E-state index in [1.54, 1.807) is 0 Å². The lowest BCUT2D eigenvalue weighted by atomic mass is 9.80. The summed E-state index contributed by atoms with van der Waals surface area (Å²) < 4.78 is 59.0. The Balaban J connectivity index is 1.48. The Morgan fingerprint density at radius 3 is 2.33 bits per heavy atom. The minimum atomic E-state index is -4.62. The first-order chi connectivity index (χ1) is 14.3. The molecule has 3 nitrogen and oxygen atoms in total. The Kier molecular flexibility index (Phi) is 5.93. The van der Waals surface area contributed by atoms with Crippen LogP contribution in [0.4, 0.5) is 17.6 Å². The van der Waals surface area contributed by atoms with E-state index in [9.17, 15) is 22.4 Å². The zero-order valence-corrected chi connectivity index (χ0v) is 16.4. The van der Waals surface area contributed by atoms with Gasteiger partial charge in [-0.1, -0.05) is 30.3 Å². The van der Waals surface area contributed by atoms with Crippen molar-refractivity contribution in [2.75, 3.05) is 13.2 Å². The Morgan fingerprint density at radius 2 is 1.70 bits per heavy atom. The van der Waals surface area contributed by atoms with Crippen LogP contribution in [-0.2, 0) is 28.7 Å². The number of hydrogen-bond acceptors (Lipinski definition) is 3. The standard InChI is InChI=1S/C23H23F4NO2/c24-18-6-7-21(23(25,26)27)16(8-18)11-22(29)17-9-19-13-30-14-20(10-17)28(19)12-15-4-2-1-3-5-15/h1-8,17,19-20H,9-14H2. The quantitative estimate of drug-likeness (QED) is 0.659. The van der Waals surface area contributed by atoms with Crippen molar-refractivity contribution in [3.8, 4) is 0 Å². The second-order valence-corrected chi connectivity index (χ2v) is 8.11. The molecular weight excluding hydrogens is 398 g/mol. The molecule has 2 aromatic carbocycles. The zero-order valence-electron chi connectivity index (χ0n) is 16.4. The first-order valence-corrected chi connectivity index (χ1v) is 10.1. The number of morpholine rings is 1. The largest absolute Gasteiger partial charge is 0.416 e. The zero-order chi connectivity index (χ0) is 21.3. The van der Waals surface area contributed by atoms with Gasteiger partial charge in [0.25, 0.3) is 0 Å². The van der Waals surface area contributed by atoms with E-state index in [4.69, 9.17) is 4.74 Å². The number of nitrogens with zero attached hydrogens (tertiary/aromatic N) is 1. The first kappa shape index (κ1) is 21.0. The van der Waals surface area contributed by atoms with Gasteiger partial charge in [-0.3, -0.25) is 9.69 Å². The van der Waals surface area contributed by atoms with Crippen molar-refractivity contribution in [1.29, 1.82) is 0 Å². The highest BCUT2D eigenvalue weighted by Gasteiger charge is 2.42. The summed E-state index contributed by atoms with van der Waals surface area (Å²) in [5.74, 6) is -1.38. The minimum Gasteiger partial charge on any atom is -0.378 e. The Labute approximate surface area is 172 Å². The molecule has 30 heavy (non-hydrogen) atoms. The van der Waals surface area contributed by atoms with Crippen molar-refractivity contribution in [2.45, 2.75) is 44.1 Å². The molecule has 2 unspecified atom stereocenters. The van der Waals surface area contributed by atoms with E-state index in [2.05, 4.69) is 17.0 Å². The fourth-order valence-corrected chi connectivity index (χ4v) is 4.62. The lowest BCUT2D eigenvalue weighted by Gasteiger charge is -2.48. The number of hydrogen-bond donors (Lipinski definition) is 0. The third kappa shape index (κ3) is 4.57. The summed E-state index contributed by atoms with van der Waals surface area (Å²) in [4.78, 5) is 15.2. The Bertz CT molecular complexity index is 886. The summed E-state index contributed by atoms with van der Waals surface area (Å²) in [5, 5.41) is 0. The number of fused-ring (bicyclic) bond motifs is 2. The number of alkyl halides is 3. The molecule has 2 heterocycles. The number of carbonyl (C=O) groups is 1. The van der Waals surface area contributed by atoms with Gasteiger partial charge in [0.05, 0.1) is 18.8 Å². The number of halogens is 4. The van der Waals surface area contributed by atoms with E-state index in [1.807, 2.05) is 18.2 Å². The van der Waals surface area contributed by atoms with Crippen molar-refractivity contribution in [1.82, 2.24) is 4.90 Å². The number of benzene rings is 2. The highest BCUT2D eigenvalue weighted by atomic mass is 19.4. The number of Topliss-reactive ketones (excluding diaryl/α,β-unsaturated/α-hetero) is 1. The molecule has 160 valence electrons. The lowest BCUT2D eigenvalue weighted by molar-refractivity contribution is -0.138. The van der Waals surface area contributed by atoms with Gasteiger partial charge in [-0.25, -0.2) is 4.39 Å². The van der Waals surface area contributed by atoms with Crippen molar-refractivity contribution < 1.29 is 27.1 Å². The number of ether oxygens (including phenoxy) is 1. The summed E-state index contributed by atoms with van der Waals surface area (Å²) >= 11 is 0. The summed E-state index contributed by atoms with van der Waals surface area (Å²) in [5.41, 5.74) is -0.0586. The van der Waals surface area contributed by atoms with Crippen LogP contribution < -0.4 is 0 Å². The van der Waals surface area contributed by atoms with Crippen LogP contribution in [0.25, 0.3) is 0 Å². The molecule has 2 aromatic rings. The van der Waals surface area contributed by atoms with E-state index in [0.29, 0.717) is 32.1 Å². The molecule has 2 bridgehead atoms. The molecule has 2 aliphatic heterocycles. The van der Waals surface area contributed by atoms with Crippen LogP contribution in [0.3, 0.4) is 0 Å². The molecule has 0 aliphatic carbocycles. The average molecular weight is 421 g/mol. The van der Waals surface area contributed by atoms with Crippen molar-refractivity contribution in [3.63, 3.8) is 0 Å². The van der Waals surface area contributed by atoms with Crippen LogP contribution in [0.15, 0.2) is 48.5 Å². The Morgan fingerprint density at radius 1 is 1.03 bits per heavy atom. The molecule has 7 heteroatoms. The molecule has 0 saturated carbocycles. The summed E-state index contributed by atoms with van der Waals surface area (Å²) in [7, 11) is 0. The van der Waals surface area contributed by atoms with Gasteiger partial charge in [-0.2, -0.15) is 13.2 Å². The van der Waals surface area contributed by atoms with Gasteiger partial charge in [0.15, 0.2) is 0 Å². The predicted octanol–water partition coefficient (Wildman–Crippen LogP) is 4.64. The van der Waals surface area contributed by atoms with Crippen LogP contribution in [0.1, 0.15) is 29.5 Å². The van der Waals surface area contributed by atoms with Crippen molar-refractivity contribution >= 4 is 5.78 Å². The fourth-order valence-electron chi connectivity index (χ4n) is 4.62. The van der Waals surface area contributed by atoms with Gasteiger partial charge in [0.2, 0.25) is 0 Å². The summed E-state index contributed by atoms with van der Waals surface area (Å²) in [6.45, 7) is 1.75. The highest BCUT2D eigenvalue weighted by molar-refractivity contribution is 5.84. The van der Waals surface area contributed by atoms with E-state index < -0.39 is 24.0 Å². The van der Waals surface area contributed by atoms with E-state index >= 15 is 0 Å². The fraction of sp³-hybridized carbons (Fsp3) is 0.435. The van der Waals surface area contributed by atoms with Crippen LogP contribution in [0.5, 0.6) is 0 Å². The second kappa shape index (κ2) is 8.47. The Hall–Kier alpha value is -2.25. The van der Waals surface area contributed by atoms with Crippen molar-refractivity contribution in [2.24, 2.45) is 5.92 Å². The molecule has 0 aromatic heterocycles. The first-order valence-electron chi connectivity index (χ1n) is 10.1. The third-order valence-electron chi connectivity index (χ3n) is 6.07. The van der Waals surface area contributed by atoms with E-state index in [-0.39, 0.29) is 29.3 Å². The van der Waals surface area contributed by atoms with Gasteiger partial charge in [0.1, 0.15) is 11.6 Å². The molecule has 0 spiro atoms. The van der Waals surface area contributed by atoms with Crippen LogP contribution in [-0.4, -0.2) is 36.0 Å². The molecular formula is C23H23F4NO2. The van der Waals surface area contributed by atoms with E-state index in [1.165, 1.54) is 5.56 Å². The summed E-state index contributed by atoms with van der Waals surface area (Å²) in [6.07, 6.45) is -3.94. The highest BCUT2D eigenvalue weighted by Crippen LogP contribution is 2.36. The van der Waals surface area contributed by atoms with E-state index in [0.717, 1.165) is 18.7 Å². The maximum absolute atomic E-state index is 13.6. The van der Waals surface area contributed by atoms with Crippen LogP contribution in [0, 0.1) is 11.7 Å². The molecule has 0 amide bonds. The molecule has 2 aliphatic rings. The predicted molar refractivity (Wildman–Crippen MR) is 103 cm³/mol. The second-order valence-electron chi connectivity index (χ2n) is 8.11. The molecule has 2 saturated heterocycles. The average Bonchev–Trinajstić information content (AvgIpc) is 2.67.